The lowest BCUT2D eigenvalue weighted by Crippen LogP contribution is -2.41. The average molecular weight is 336 g/mol. The van der Waals surface area contributed by atoms with Gasteiger partial charge in [-0.25, -0.2) is 0 Å². The van der Waals surface area contributed by atoms with Crippen LogP contribution in [0.5, 0.6) is 0 Å². The SMILES string of the molecule is CCCCCCCCCCCC/C=C/CCC1=NCCN1C(C)N. The van der Waals surface area contributed by atoms with E-state index in [1.165, 1.54) is 76.5 Å². The van der Waals surface area contributed by atoms with Crippen LogP contribution in [0.1, 0.15) is 97.3 Å². The van der Waals surface area contributed by atoms with Gasteiger partial charge in [-0.15, -0.1) is 0 Å². The number of unbranched alkanes of at least 4 members (excludes halogenated alkanes) is 10. The van der Waals surface area contributed by atoms with Gasteiger partial charge in [0.05, 0.1) is 12.7 Å². The van der Waals surface area contributed by atoms with Crippen molar-refractivity contribution in [1.82, 2.24) is 4.90 Å². The molecule has 0 amide bonds. The van der Waals surface area contributed by atoms with Gasteiger partial charge in [-0.2, -0.15) is 0 Å². The summed E-state index contributed by atoms with van der Waals surface area (Å²) in [4.78, 5) is 6.80. The highest BCUT2D eigenvalue weighted by molar-refractivity contribution is 5.84. The monoisotopic (exact) mass is 335 g/mol. The van der Waals surface area contributed by atoms with Crippen LogP contribution in [-0.4, -0.2) is 30.0 Å². The highest BCUT2D eigenvalue weighted by Crippen LogP contribution is 2.12. The Kier molecular flexibility index (Phi) is 12.8. The Morgan fingerprint density at radius 2 is 1.54 bits per heavy atom. The summed E-state index contributed by atoms with van der Waals surface area (Å²) < 4.78 is 0. The summed E-state index contributed by atoms with van der Waals surface area (Å²) in [6, 6.07) is 0. The van der Waals surface area contributed by atoms with Gasteiger partial charge in [-0.05, 0) is 26.2 Å². The molecule has 0 spiro atoms. The molecular weight excluding hydrogens is 294 g/mol. The molecule has 3 nitrogen and oxygen atoms in total. The summed E-state index contributed by atoms with van der Waals surface area (Å²) in [6.07, 6.45) is 22.3. The summed E-state index contributed by atoms with van der Waals surface area (Å²) >= 11 is 0. The first kappa shape index (κ1) is 21.2. The Bertz CT molecular complexity index is 347. The molecule has 1 aliphatic rings. The van der Waals surface area contributed by atoms with Crippen LogP contribution in [0, 0.1) is 0 Å². The van der Waals surface area contributed by atoms with Crippen molar-refractivity contribution in [3.8, 4) is 0 Å². The third-order valence-corrected chi connectivity index (χ3v) is 4.88. The molecule has 0 saturated carbocycles. The highest BCUT2D eigenvalue weighted by atomic mass is 15.3. The van der Waals surface area contributed by atoms with Crippen molar-refractivity contribution in [2.24, 2.45) is 10.7 Å². The minimum absolute atomic E-state index is 0.0990. The molecule has 0 fully saturated rings. The van der Waals surface area contributed by atoms with Crippen LogP contribution >= 0.6 is 0 Å². The first-order valence-electron chi connectivity index (χ1n) is 10.5. The van der Waals surface area contributed by atoms with Gasteiger partial charge in [0.2, 0.25) is 0 Å². The maximum Gasteiger partial charge on any atom is 0.101 e. The lowest BCUT2D eigenvalue weighted by molar-refractivity contribution is 0.360. The van der Waals surface area contributed by atoms with E-state index in [2.05, 4.69) is 29.0 Å². The molecule has 0 aromatic heterocycles. The molecule has 0 aliphatic carbocycles. The maximum absolute atomic E-state index is 5.97. The number of hydrogen-bond donors (Lipinski definition) is 1. The zero-order valence-corrected chi connectivity index (χ0v) is 16.3. The highest BCUT2D eigenvalue weighted by Gasteiger charge is 2.18. The van der Waals surface area contributed by atoms with E-state index in [9.17, 15) is 0 Å². The van der Waals surface area contributed by atoms with Crippen LogP contribution in [0.25, 0.3) is 0 Å². The second-order valence-corrected chi connectivity index (χ2v) is 7.21. The average Bonchev–Trinajstić information content (AvgIpc) is 3.04. The van der Waals surface area contributed by atoms with Gasteiger partial charge in [0.15, 0.2) is 0 Å². The van der Waals surface area contributed by atoms with E-state index < -0.39 is 0 Å². The Labute approximate surface area is 150 Å². The first-order valence-corrected chi connectivity index (χ1v) is 10.5. The fraction of sp³-hybridized carbons (Fsp3) is 0.857. The van der Waals surface area contributed by atoms with E-state index in [-0.39, 0.29) is 6.17 Å². The zero-order chi connectivity index (χ0) is 17.5. The molecular formula is C21H41N3. The van der Waals surface area contributed by atoms with Crippen LogP contribution in [-0.2, 0) is 0 Å². The number of nitrogens with zero attached hydrogens (tertiary/aromatic N) is 2. The van der Waals surface area contributed by atoms with E-state index in [4.69, 9.17) is 5.73 Å². The van der Waals surface area contributed by atoms with Gasteiger partial charge in [0.25, 0.3) is 0 Å². The number of amidine groups is 1. The van der Waals surface area contributed by atoms with Crippen molar-refractivity contribution in [2.75, 3.05) is 13.1 Å². The van der Waals surface area contributed by atoms with Crippen LogP contribution in [0.15, 0.2) is 17.1 Å². The van der Waals surface area contributed by atoms with E-state index in [1.54, 1.807) is 0 Å². The maximum atomic E-state index is 5.97. The summed E-state index contributed by atoms with van der Waals surface area (Å²) in [7, 11) is 0. The number of hydrogen-bond acceptors (Lipinski definition) is 3. The minimum atomic E-state index is 0.0990. The van der Waals surface area contributed by atoms with Crippen molar-refractivity contribution < 1.29 is 0 Å². The fourth-order valence-corrected chi connectivity index (χ4v) is 3.37. The van der Waals surface area contributed by atoms with E-state index in [0.717, 1.165) is 25.9 Å². The fourth-order valence-electron chi connectivity index (χ4n) is 3.37. The molecule has 0 radical (unpaired) electrons. The summed E-state index contributed by atoms with van der Waals surface area (Å²) in [5, 5.41) is 0. The summed E-state index contributed by atoms with van der Waals surface area (Å²) in [5.74, 6) is 1.20. The van der Waals surface area contributed by atoms with Crippen molar-refractivity contribution >= 4 is 5.84 Å². The number of aliphatic imine (C=N–C) groups is 1. The molecule has 1 unspecified atom stereocenters. The molecule has 0 aromatic carbocycles. The molecule has 2 N–H and O–H groups in total. The predicted molar refractivity (Wildman–Crippen MR) is 107 cm³/mol. The lowest BCUT2D eigenvalue weighted by atomic mass is 10.1. The third kappa shape index (κ3) is 10.1. The molecule has 1 heterocycles. The normalized spacial score (nSPS) is 16.1. The number of allylic oxidation sites excluding steroid dienone is 2. The van der Waals surface area contributed by atoms with Crippen molar-refractivity contribution in [1.29, 1.82) is 0 Å². The van der Waals surface area contributed by atoms with Gasteiger partial charge in [0.1, 0.15) is 5.84 Å². The Morgan fingerprint density at radius 1 is 0.958 bits per heavy atom. The molecule has 1 aliphatic heterocycles. The van der Waals surface area contributed by atoms with E-state index in [0.29, 0.717) is 0 Å². The van der Waals surface area contributed by atoms with Gasteiger partial charge in [-0.1, -0.05) is 76.9 Å². The van der Waals surface area contributed by atoms with Gasteiger partial charge >= 0.3 is 0 Å². The second kappa shape index (κ2) is 14.5. The molecule has 0 saturated heterocycles. The molecule has 0 aromatic rings. The standard InChI is InChI=1S/C21H41N3/c1-3-4-5-6-7-8-9-10-11-12-13-14-15-16-17-21-23-18-19-24(21)20(2)22/h14-15,20H,3-13,16-19,22H2,1-2H3/b15-14+. The molecule has 140 valence electrons. The largest absolute Gasteiger partial charge is 0.343 e. The smallest absolute Gasteiger partial charge is 0.101 e. The minimum Gasteiger partial charge on any atom is -0.343 e. The van der Waals surface area contributed by atoms with Gasteiger partial charge in [-0.3, -0.25) is 4.99 Å². The van der Waals surface area contributed by atoms with Gasteiger partial charge in [0, 0.05) is 13.0 Å². The van der Waals surface area contributed by atoms with Crippen LogP contribution in [0.2, 0.25) is 0 Å². The van der Waals surface area contributed by atoms with E-state index >= 15 is 0 Å². The summed E-state index contributed by atoms with van der Waals surface area (Å²) in [6.45, 7) is 6.24. The van der Waals surface area contributed by atoms with E-state index in [1.807, 2.05) is 6.92 Å². The Morgan fingerprint density at radius 3 is 2.17 bits per heavy atom. The molecule has 1 rings (SSSR count). The third-order valence-electron chi connectivity index (χ3n) is 4.88. The van der Waals surface area contributed by atoms with Crippen molar-refractivity contribution in [2.45, 2.75) is 103 Å². The number of nitrogens with two attached hydrogens (primary N) is 1. The molecule has 1 atom stereocenters. The first-order chi connectivity index (χ1) is 11.8. The Hall–Kier alpha value is -0.830. The lowest BCUT2D eigenvalue weighted by Gasteiger charge is -2.24. The second-order valence-electron chi connectivity index (χ2n) is 7.21. The quantitative estimate of drug-likeness (QED) is 0.310. The van der Waals surface area contributed by atoms with Crippen LogP contribution in [0.3, 0.4) is 0 Å². The van der Waals surface area contributed by atoms with Crippen molar-refractivity contribution in [3.05, 3.63) is 12.2 Å². The summed E-state index contributed by atoms with van der Waals surface area (Å²) in [5.41, 5.74) is 5.97. The zero-order valence-electron chi connectivity index (χ0n) is 16.3. The van der Waals surface area contributed by atoms with Crippen LogP contribution < -0.4 is 5.73 Å². The van der Waals surface area contributed by atoms with Crippen LogP contribution in [0.4, 0.5) is 0 Å². The predicted octanol–water partition coefficient (Wildman–Crippen LogP) is 5.65. The topological polar surface area (TPSA) is 41.6 Å². The number of rotatable bonds is 15. The van der Waals surface area contributed by atoms with Gasteiger partial charge < -0.3 is 10.6 Å². The Balaban J connectivity index is 1.87. The van der Waals surface area contributed by atoms with Crippen molar-refractivity contribution in [3.63, 3.8) is 0 Å². The molecule has 0 bridgehead atoms. The molecule has 3 heteroatoms. The molecule has 24 heavy (non-hydrogen) atoms.